The first-order chi connectivity index (χ1) is 8.61. The number of aliphatic hydroxyl groups is 1. The minimum absolute atomic E-state index is 0.0666. The fraction of sp³-hybridized carbons (Fsp3) is 0.462. The number of amides is 1. The summed E-state index contributed by atoms with van der Waals surface area (Å²) in [6, 6.07) is 3.96. The van der Waals surface area contributed by atoms with Crippen molar-refractivity contribution in [2.24, 2.45) is 5.92 Å². The van der Waals surface area contributed by atoms with E-state index in [0.717, 1.165) is 18.9 Å². The molecule has 0 unspecified atom stereocenters. The summed E-state index contributed by atoms with van der Waals surface area (Å²) in [5, 5.41) is 27.9. The second-order valence-corrected chi connectivity index (χ2v) is 4.62. The fourth-order valence-corrected chi connectivity index (χ4v) is 2.19. The Hall–Kier alpha value is -1.75. The number of phenols is 2. The molecule has 1 saturated heterocycles. The van der Waals surface area contributed by atoms with Gasteiger partial charge in [-0.25, -0.2) is 0 Å². The minimum Gasteiger partial charge on any atom is -0.508 e. The summed E-state index contributed by atoms with van der Waals surface area (Å²) in [4.78, 5) is 13.8. The quantitative estimate of drug-likeness (QED) is 0.730. The third-order valence-corrected chi connectivity index (χ3v) is 3.37. The van der Waals surface area contributed by atoms with E-state index in [9.17, 15) is 15.0 Å². The summed E-state index contributed by atoms with van der Waals surface area (Å²) in [6.07, 6.45) is 1.56. The van der Waals surface area contributed by atoms with E-state index in [0.29, 0.717) is 13.1 Å². The third-order valence-electron chi connectivity index (χ3n) is 3.37. The van der Waals surface area contributed by atoms with Crippen LogP contribution in [-0.4, -0.2) is 45.8 Å². The van der Waals surface area contributed by atoms with Gasteiger partial charge in [0.15, 0.2) is 0 Å². The van der Waals surface area contributed by atoms with E-state index in [-0.39, 0.29) is 35.5 Å². The molecule has 5 heteroatoms. The lowest BCUT2D eigenvalue weighted by Crippen LogP contribution is -2.39. The number of nitrogens with zero attached hydrogens (tertiary/aromatic N) is 1. The van der Waals surface area contributed by atoms with Crippen molar-refractivity contribution in [1.29, 1.82) is 0 Å². The van der Waals surface area contributed by atoms with Crippen LogP contribution in [0.5, 0.6) is 11.5 Å². The lowest BCUT2D eigenvalue weighted by atomic mass is 9.97. The first kappa shape index (κ1) is 12.7. The van der Waals surface area contributed by atoms with E-state index < -0.39 is 0 Å². The second kappa shape index (κ2) is 5.27. The van der Waals surface area contributed by atoms with Crippen LogP contribution in [0.3, 0.4) is 0 Å². The van der Waals surface area contributed by atoms with Gasteiger partial charge in [0.05, 0.1) is 5.56 Å². The molecule has 98 valence electrons. The molecular formula is C13H17NO4. The Bertz CT molecular complexity index is 439. The number of carbonyl (C=O) groups excluding carboxylic acids is 1. The van der Waals surface area contributed by atoms with Gasteiger partial charge >= 0.3 is 0 Å². The number of aromatic hydroxyl groups is 2. The molecule has 1 aliphatic heterocycles. The van der Waals surface area contributed by atoms with Crippen molar-refractivity contribution >= 4 is 5.91 Å². The van der Waals surface area contributed by atoms with Crippen LogP contribution in [0.4, 0.5) is 0 Å². The molecule has 1 amide bonds. The van der Waals surface area contributed by atoms with Crippen LogP contribution in [0.2, 0.25) is 0 Å². The number of hydrogen-bond donors (Lipinski definition) is 3. The van der Waals surface area contributed by atoms with E-state index in [1.54, 1.807) is 4.90 Å². The van der Waals surface area contributed by atoms with Crippen molar-refractivity contribution in [2.45, 2.75) is 12.8 Å². The molecule has 0 spiro atoms. The van der Waals surface area contributed by atoms with E-state index in [4.69, 9.17) is 5.11 Å². The van der Waals surface area contributed by atoms with Crippen LogP contribution in [0.15, 0.2) is 18.2 Å². The monoisotopic (exact) mass is 251 g/mol. The first-order valence-electron chi connectivity index (χ1n) is 6.04. The highest BCUT2D eigenvalue weighted by molar-refractivity contribution is 5.97. The molecule has 0 aliphatic carbocycles. The Balaban J connectivity index is 2.08. The number of benzene rings is 1. The predicted molar refractivity (Wildman–Crippen MR) is 65.5 cm³/mol. The summed E-state index contributed by atoms with van der Waals surface area (Å²) < 4.78 is 0. The van der Waals surface area contributed by atoms with Crippen molar-refractivity contribution in [2.75, 3.05) is 19.7 Å². The summed E-state index contributed by atoms with van der Waals surface area (Å²) >= 11 is 0. The van der Waals surface area contributed by atoms with Crippen LogP contribution in [0.1, 0.15) is 23.2 Å². The smallest absolute Gasteiger partial charge is 0.257 e. The summed E-state index contributed by atoms with van der Waals surface area (Å²) in [7, 11) is 0. The molecule has 1 aromatic carbocycles. The van der Waals surface area contributed by atoms with Crippen molar-refractivity contribution in [3.63, 3.8) is 0 Å². The number of aliphatic hydroxyl groups excluding tert-OH is 1. The summed E-state index contributed by atoms with van der Waals surface area (Å²) in [5.41, 5.74) is 0.204. The van der Waals surface area contributed by atoms with Gasteiger partial charge in [-0.2, -0.15) is 0 Å². The zero-order valence-corrected chi connectivity index (χ0v) is 10.0. The molecule has 2 rings (SSSR count). The summed E-state index contributed by atoms with van der Waals surface area (Å²) in [5.74, 6) is -0.237. The number of piperidine rings is 1. The Labute approximate surface area is 105 Å². The van der Waals surface area contributed by atoms with Crippen molar-refractivity contribution in [1.82, 2.24) is 4.90 Å². The Morgan fingerprint density at radius 1 is 1.28 bits per heavy atom. The highest BCUT2D eigenvalue weighted by Crippen LogP contribution is 2.25. The van der Waals surface area contributed by atoms with Gasteiger partial charge in [0.25, 0.3) is 5.91 Å². The fourth-order valence-electron chi connectivity index (χ4n) is 2.19. The maximum atomic E-state index is 12.1. The minimum atomic E-state index is -0.233. The average molecular weight is 251 g/mol. The molecule has 1 fully saturated rings. The number of likely N-dealkylation sites (tertiary alicyclic amines) is 1. The van der Waals surface area contributed by atoms with E-state index >= 15 is 0 Å². The number of rotatable bonds is 2. The van der Waals surface area contributed by atoms with Crippen LogP contribution in [-0.2, 0) is 0 Å². The largest absolute Gasteiger partial charge is 0.508 e. The molecule has 18 heavy (non-hydrogen) atoms. The van der Waals surface area contributed by atoms with Gasteiger partial charge in [-0.1, -0.05) is 0 Å². The van der Waals surface area contributed by atoms with Crippen LogP contribution < -0.4 is 0 Å². The van der Waals surface area contributed by atoms with Gasteiger partial charge in [0.1, 0.15) is 11.5 Å². The van der Waals surface area contributed by atoms with Gasteiger partial charge in [-0.05, 0) is 30.9 Å². The molecule has 5 nitrogen and oxygen atoms in total. The van der Waals surface area contributed by atoms with Gasteiger partial charge in [0.2, 0.25) is 0 Å². The predicted octanol–water partition coefficient (Wildman–Crippen LogP) is 0.942. The van der Waals surface area contributed by atoms with Crippen molar-refractivity contribution in [3.8, 4) is 11.5 Å². The zero-order chi connectivity index (χ0) is 13.1. The molecule has 0 bridgehead atoms. The number of phenolic OH excluding ortho intramolecular Hbond substituents is 2. The zero-order valence-electron chi connectivity index (χ0n) is 10.0. The van der Waals surface area contributed by atoms with Gasteiger partial charge in [-0.3, -0.25) is 4.79 Å². The van der Waals surface area contributed by atoms with E-state index in [1.165, 1.54) is 12.1 Å². The second-order valence-electron chi connectivity index (χ2n) is 4.62. The molecule has 1 aromatic rings. The highest BCUT2D eigenvalue weighted by Gasteiger charge is 2.24. The molecule has 0 aromatic heterocycles. The Morgan fingerprint density at radius 2 is 1.94 bits per heavy atom. The normalized spacial score (nSPS) is 16.8. The average Bonchev–Trinajstić information content (AvgIpc) is 2.38. The lowest BCUT2D eigenvalue weighted by molar-refractivity contribution is 0.0648. The maximum Gasteiger partial charge on any atom is 0.257 e. The van der Waals surface area contributed by atoms with Crippen molar-refractivity contribution < 1.29 is 20.1 Å². The molecule has 1 aliphatic rings. The molecule has 0 saturated carbocycles. The molecule has 0 atom stereocenters. The summed E-state index contributed by atoms with van der Waals surface area (Å²) in [6.45, 7) is 1.33. The maximum absolute atomic E-state index is 12.1. The van der Waals surface area contributed by atoms with Crippen molar-refractivity contribution in [3.05, 3.63) is 23.8 Å². The Morgan fingerprint density at radius 3 is 2.50 bits per heavy atom. The van der Waals surface area contributed by atoms with Gasteiger partial charge < -0.3 is 20.2 Å². The standard InChI is InChI=1S/C13H17NO4/c15-8-9-3-5-14(6-4-9)13(18)11-2-1-10(16)7-12(11)17/h1-2,7,9,15-17H,3-6,8H2. The van der Waals surface area contributed by atoms with E-state index in [1.807, 2.05) is 0 Å². The number of carbonyl (C=O) groups is 1. The van der Waals surface area contributed by atoms with E-state index in [2.05, 4.69) is 0 Å². The molecule has 0 radical (unpaired) electrons. The molecule has 3 N–H and O–H groups in total. The lowest BCUT2D eigenvalue weighted by Gasteiger charge is -2.31. The van der Waals surface area contributed by atoms with Crippen LogP contribution in [0, 0.1) is 5.92 Å². The number of hydrogen-bond acceptors (Lipinski definition) is 4. The Kier molecular flexibility index (Phi) is 3.72. The first-order valence-corrected chi connectivity index (χ1v) is 6.04. The van der Waals surface area contributed by atoms with Crippen LogP contribution in [0.25, 0.3) is 0 Å². The molecular weight excluding hydrogens is 234 g/mol. The third kappa shape index (κ3) is 2.56. The SMILES string of the molecule is O=C(c1ccc(O)cc1O)N1CCC(CO)CC1. The van der Waals surface area contributed by atoms with Gasteiger partial charge in [-0.15, -0.1) is 0 Å². The highest BCUT2D eigenvalue weighted by atomic mass is 16.3. The van der Waals surface area contributed by atoms with Crippen LogP contribution >= 0.6 is 0 Å². The molecule has 1 heterocycles. The topological polar surface area (TPSA) is 81.0 Å². The van der Waals surface area contributed by atoms with Gasteiger partial charge in [0, 0.05) is 25.8 Å².